The number of nitrogens with one attached hydrogen (secondary N) is 2. The van der Waals surface area contributed by atoms with Crippen LogP contribution in [-0.4, -0.2) is 44.8 Å². The van der Waals surface area contributed by atoms with Crippen molar-refractivity contribution in [3.8, 4) is 0 Å². The zero-order chi connectivity index (χ0) is 20.3. The first-order valence-electron chi connectivity index (χ1n) is 9.55. The van der Waals surface area contributed by atoms with Gasteiger partial charge in [0.1, 0.15) is 6.54 Å². The second kappa shape index (κ2) is 8.43. The lowest BCUT2D eigenvalue weighted by atomic mass is 10.00. The number of carbonyl (C=O) groups excluding carboxylic acids is 1. The Morgan fingerprint density at radius 1 is 1.11 bits per heavy atom. The Bertz CT molecular complexity index is 940. The number of hydrogen-bond donors (Lipinski definition) is 2. The molecular formula is C21H28N3O3S+. The van der Waals surface area contributed by atoms with E-state index in [2.05, 4.69) is 23.5 Å². The first-order valence-corrected chi connectivity index (χ1v) is 11.0. The minimum Gasteiger partial charge on any atom is -0.323 e. The van der Waals surface area contributed by atoms with Gasteiger partial charge in [-0.2, -0.15) is 4.31 Å². The predicted molar refractivity (Wildman–Crippen MR) is 110 cm³/mol. The van der Waals surface area contributed by atoms with Gasteiger partial charge in [-0.15, -0.1) is 0 Å². The second-order valence-electron chi connectivity index (χ2n) is 7.56. The molecule has 3 rings (SSSR count). The van der Waals surface area contributed by atoms with E-state index in [0.717, 1.165) is 19.5 Å². The van der Waals surface area contributed by atoms with Crippen molar-refractivity contribution in [1.82, 2.24) is 4.31 Å². The minimum absolute atomic E-state index is 0.0655. The van der Waals surface area contributed by atoms with Gasteiger partial charge in [0.25, 0.3) is 5.91 Å². The topological polar surface area (TPSA) is 70.9 Å². The summed E-state index contributed by atoms with van der Waals surface area (Å²) in [5, 5.41) is 2.88. The van der Waals surface area contributed by atoms with Crippen molar-refractivity contribution >= 4 is 21.6 Å². The molecule has 0 saturated carbocycles. The van der Waals surface area contributed by atoms with Gasteiger partial charge in [-0.25, -0.2) is 8.42 Å². The van der Waals surface area contributed by atoms with Gasteiger partial charge in [-0.3, -0.25) is 4.79 Å². The van der Waals surface area contributed by atoms with Crippen molar-refractivity contribution < 1.29 is 18.1 Å². The summed E-state index contributed by atoms with van der Waals surface area (Å²) >= 11 is 0. The molecule has 0 fully saturated rings. The van der Waals surface area contributed by atoms with E-state index < -0.39 is 10.0 Å². The summed E-state index contributed by atoms with van der Waals surface area (Å²) in [7, 11) is -1.95. The Kier molecular flexibility index (Phi) is 6.17. The number of benzene rings is 2. The summed E-state index contributed by atoms with van der Waals surface area (Å²) < 4.78 is 26.3. The molecule has 6 nitrogen and oxygen atoms in total. The van der Waals surface area contributed by atoms with Gasteiger partial charge in [0, 0.05) is 30.8 Å². The second-order valence-corrected chi connectivity index (χ2v) is 9.56. The van der Waals surface area contributed by atoms with Gasteiger partial charge in [0.15, 0.2) is 6.54 Å². The number of rotatable bonds is 6. The van der Waals surface area contributed by atoms with Crippen LogP contribution in [-0.2, 0) is 27.8 Å². The molecule has 1 heterocycles. The van der Waals surface area contributed by atoms with E-state index in [-0.39, 0.29) is 16.8 Å². The van der Waals surface area contributed by atoms with Crippen LogP contribution in [0.1, 0.15) is 25.0 Å². The van der Waals surface area contributed by atoms with Gasteiger partial charge in [0.05, 0.1) is 11.4 Å². The molecule has 2 aromatic carbocycles. The lowest BCUT2D eigenvalue weighted by molar-refractivity contribution is -0.907. The van der Waals surface area contributed by atoms with E-state index in [9.17, 15) is 13.2 Å². The van der Waals surface area contributed by atoms with E-state index in [1.807, 2.05) is 19.9 Å². The van der Waals surface area contributed by atoms with Crippen LogP contribution >= 0.6 is 0 Å². The molecule has 2 N–H and O–H groups in total. The van der Waals surface area contributed by atoms with E-state index >= 15 is 0 Å². The fourth-order valence-electron chi connectivity index (χ4n) is 3.38. The van der Waals surface area contributed by atoms with Crippen LogP contribution in [0.2, 0.25) is 0 Å². The Balaban J connectivity index is 1.59. The summed E-state index contributed by atoms with van der Waals surface area (Å²) in [5.74, 6) is -0.0655. The molecule has 1 atom stereocenters. The SMILES string of the molecule is CC(C)N(C)S(=O)(=O)c1ccc(NC(=O)C[NH+]2CCc3ccccc3C2)cc1. The quantitative estimate of drug-likeness (QED) is 0.765. The highest BCUT2D eigenvalue weighted by molar-refractivity contribution is 7.89. The normalized spacial score (nSPS) is 16.8. The third kappa shape index (κ3) is 4.60. The minimum atomic E-state index is -3.52. The molecule has 0 aliphatic carbocycles. The molecule has 0 bridgehead atoms. The lowest BCUT2D eigenvalue weighted by Crippen LogP contribution is -3.12. The Morgan fingerprint density at radius 2 is 1.75 bits per heavy atom. The fraction of sp³-hybridized carbons (Fsp3) is 0.381. The van der Waals surface area contributed by atoms with Crippen molar-refractivity contribution in [2.75, 3.05) is 25.5 Å². The summed E-state index contributed by atoms with van der Waals surface area (Å²) in [4.78, 5) is 13.9. The largest absolute Gasteiger partial charge is 0.323 e. The highest BCUT2D eigenvalue weighted by Crippen LogP contribution is 2.19. The third-order valence-corrected chi connectivity index (χ3v) is 7.31. The summed E-state index contributed by atoms with van der Waals surface area (Å²) in [6.07, 6.45) is 0.981. The van der Waals surface area contributed by atoms with Gasteiger partial charge < -0.3 is 10.2 Å². The Morgan fingerprint density at radius 3 is 2.39 bits per heavy atom. The summed E-state index contributed by atoms with van der Waals surface area (Å²) in [6.45, 7) is 5.83. The van der Waals surface area contributed by atoms with E-state index in [1.165, 1.54) is 32.5 Å². The van der Waals surface area contributed by atoms with Crippen LogP contribution in [0, 0.1) is 0 Å². The molecule has 28 heavy (non-hydrogen) atoms. The molecule has 1 unspecified atom stereocenters. The van der Waals surface area contributed by atoms with Gasteiger partial charge in [0.2, 0.25) is 10.0 Å². The number of nitrogens with zero attached hydrogens (tertiary/aromatic N) is 1. The maximum atomic E-state index is 12.5. The molecule has 0 saturated heterocycles. The average Bonchev–Trinajstić information content (AvgIpc) is 2.67. The standard InChI is InChI=1S/C21H27N3O3S/c1-16(2)23(3)28(26,27)20-10-8-19(9-11-20)22-21(25)15-24-13-12-17-6-4-5-7-18(17)14-24/h4-11,16H,12-15H2,1-3H3,(H,22,25)/p+1. The van der Waals surface area contributed by atoms with Crippen molar-refractivity contribution in [1.29, 1.82) is 0 Å². The Labute approximate surface area is 167 Å². The number of carbonyl (C=O) groups is 1. The van der Waals surface area contributed by atoms with Crippen molar-refractivity contribution in [2.45, 2.75) is 37.8 Å². The fourth-order valence-corrected chi connectivity index (χ4v) is 4.75. The van der Waals surface area contributed by atoms with Crippen molar-refractivity contribution in [3.63, 3.8) is 0 Å². The zero-order valence-corrected chi connectivity index (χ0v) is 17.4. The number of hydrogen-bond acceptors (Lipinski definition) is 3. The maximum Gasteiger partial charge on any atom is 0.279 e. The number of fused-ring (bicyclic) bond motifs is 1. The lowest BCUT2D eigenvalue weighted by Gasteiger charge is -2.25. The highest BCUT2D eigenvalue weighted by atomic mass is 32.2. The number of sulfonamides is 1. The molecule has 150 valence electrons. The maximum absolute atomic E-state index is 12.5. The first kappa shape index (κ1) is 20.5. The van der Waals surface area contributed by atoms with E-state index in [1.54, 1.807) is 19.2 Å². The summed E-state index contributed by atoms with van der Waals surface area (Å²) in [6, 6.07) is 14.6. The third-order valence-electron chi connectivity index (χ3n) is 5.26. The van der Waals surface area contributed by atoms with Crippen LogP contribution in [0.3, 0.4) is 0 Å². The number of anilines is 1. The molecule has 7 heteroatoms. The van der Waals surface area contributed by atoms with E-state index in [4.69, 9.17) is 0 Å². The van der Waals surface area contributed by atoms with Crippen LogP contribution in [0.15, 0.2) is 53.4 Å². The zero-order valence-electron chi connectivity index (χ0n) is 16.6. The van der Waals surface area contributed by atoms with Crippen molar-refractivity contribution in [3.05, 3.63) is 59.7 Å². The average molecular weight is 403 g/mol. The predicted octanol–water partition coefficient (Wildman–Crippen LogP) is 1.30. The van der Waals surface area contributed by atoms with Crippen LogP contribution in [0.5, 0.6) is 0 Å². The number of amides is 1. The van der Waals surface area contributed by atoms with Gasteiger partial charge in [-0.1, -0.05) is 24.3 Å². The Hall–Kier alpha value is -2.22. The molecule has 1 amide bonds. The molecule has 0 radical (unpaired) electrons. The molecule has 2 aromatic rings. The summed E-state index contributed by atoms with van der Waals surface area (Å²) in [5.41, 5.74) is 3.28. The molecular weight excluding hydrogens is 374 g/mol. The van der Waals surface area contributed by atoms with Crippen LogP contribution < -0.4 is 10.2 Å². The molecule has 0 aromatic heterocycles. The molecule has 1 aliphatic rings. The van der Waals surface area contributed by atoms with Crippen molar-refractivity contribution in [2.24, 2.45) is 0 Å². The monoisotopic (exact) mass is 402 g/mol. The highest BCUT2D eigenvalue weighted by Gasteiger charge is 2.24. The van der Waals surface area contributed by atoms with Crippen LogP contribution in [0.4, 0.5) is 5.69 Å². The molecule has 1 aliphatic heterocycles. The van der Waals surface area contributed by atoms with E-state index in [0.29, 0.717) is 12.2 Å². The smallest absolute Gasteiger partial charge is 0.279 e. The molecule has 0 spiro atoms. The number of quaternary nitrogens is 1. The first-order chi connectivity index (χ1) is 13.3. The van der Waals surface area contributed by atoms with Crippen LogP contribution in [0.25, 0.3) is 0 Å². The van der Waals surface area contributed by atoms with Gasteiger partial charge in [-0.05, 0) is 43.7 Å². The van der Waals surface area contributed by atoms with Gasteiger partial charge >= 0.3 is 0 Å².